The Balaban J connectivity index is 2.06. The summed E-state index contributed by atoms with van der Waals surface area (Å²) < 4.78 is 0.662. The van der Waals surface area contributed by atoms with Gasteiger partial charge in [0.1, 0.15) is 0 Å². The molecule has 3 heteroatoms. The molecule has 0 aromatic heterocycles. The van der Waals surface area contributed by atoms with Crippen LogP contribution in [0.5, 0.6) is 0 Å². The normalized spacial score (nSPS) is 17.1. The van der Waals surface area contributed by atoms with Crippen LogP contribution in [0.2, 0.25) is 0 Å². The number of nitrogens with zero attached hydrogens (tertiary/aromatic N) is 1. The molecular formula is C14H21NS2. The van der Waals surface area contributed by atoms with Crippen LogP contribution in [-0.2, 0) is 0 Å². The second kappa shape index (κ2) is 6.60. The molecule has 1 aliphatic heterocycles. The molecular weight excluding hydrogens is 246 g/mol. The van der Waals surface area contributed by atoms with Crippen LogP contribution in [0.25, 0.3) is 0 Å². The lowest BCUT2D eigenvalue weighted by molar-refractivity contribution is 0.866. The van der Waals surface area contributed by atoms with Crippen molar-refractivity contribution in [2.24, 2.45) is 0 Å². The van der Waals surface area contributed by atoms with Crippen molar-refractivity contribution in [3.8, 4) is 0 Å². The molecule has 94 valence electrons. The van der Waals surface area contributed by atoms with Gasteiger partial charge in [0.2, 0.25) is 0 Å². The molecule has 1 aliphatic rings. The maximum atomic E-state index is 2.39. The Morgan fingerprint density at radius 2 is 1.65 bits per heavy atom. The third-order valence-corrected chi connectivity index (χ3v) is 6.14. The van der Waals surface area contributed by atoms with Gasteiger partial charge in [-0.25, -0.2) is 0 Å². The fraction of sp³-hybridized carbons (Fsp3) is 0.571. The molecule has 0 amide bonds. The average Bonchev–Trinajstić information content (AvgIpc) is 2.42. The summed E-state index contributed by atoms with van der Waals surface area (Å²) in [5, 5.41) is 0. The highest BCUT2D eigenvalue weighted by molar-refractivity contribution is 8.16. The van der Waals surface area contributed by atoms with Crippen molar-refractivity contribution in [3.63, 3.8) is 0 Å². The standard InChI is InChI=1S/C14H21NS2/c1-3-15(4-2)13-8-6-12(7-9-13)14-16-10-5-11-17-14/h6-9,14H,3-5,10-11H2,1-2H3. The first kappa shape index (κ1) is 13.2. The molecule has 1 nitrogen and oxygen atoms in total. The number of rotatable bonds is 4. The summed E-state index contributed by atoms with van der Waals surface area (Å²) in [6, 6.07) is 9.17. The third-order valence-electron chi connectivity index (χ3n) is 3.12. The smallest absolute Gasteiger partial charge is 0.0751 e. The Morgan fingerprint density at radius 3 is 2.18 bits per heavy atom. The van der Waals surface area contributed by atoms with Gasteiger partial charge in [0, 0.05) is 18.8 Å². The van der Waals surface area contributed by atoms with E-state index in [1.165, 1.54) is 29.2 Å². The monoisotopic (exact) mass is 267 g/mol. The number of thioether (sulfide) groups is 2. The molecule has 1 aromatic rings. The van der Waals surface area contributed by atoms with Gasteiger partial charge in [-0.1, -0.05) is 12.1 Å². The molecule has 1 heterocycles. The summed E-state index contributed by atoms with van der Waals surface area (Å²) in [7, 11) is 0. The van der Waals surface area contributed by atoms with E-state index in [1.54, 1.807) is 0 Å². The fourth-order valence-corrected chi connectivity index (χ4v) is 5.01. The molecule has 17 heavy (non-hydrogen) atoms. The van der Waals surface area contributed by atoms with E-state index in [9.17, 15) is 0 Å². The van der Waals surface area contributed by atoms with Gasteiger partial charge in [0.15, 0.2) is 0 Å². The van der Waals surface area contributed by atoms with E-state index in [0.29, 0.717) is 4.58 Å². The van der Waals surface area contributed by atoms with E-state index in [2.05, 4.69) is 66.5 Å². The van der Waals surface area contributed by atoms with E-state index in [4.69, 9.17) is 0 Å². The zero-order chi connectivity index (χ0) is 12.1. The first-order chi connectivity index (χ1) is 8.35. The molecule has 0 unspecified atom stereocenters. The van der Waals surface area contributed by atoms with Crippen molar-refractivity contribution in [2.75, 3.05) is 29.5 Å². The summed E-state index contributed by atoms with van der Waals surface area (Å²) in [6.45, 7) is 6.60. The van der Waals surface area contributed by atoms with Gasteiger partial charge < -0.3 is 4.90 Å². The zero-order valence-electron chi connectivity index (χ0n) is 10.7. The van der Waals surface area contributed by atoms with Gasteiger partial charge in [-0.05, 0) is 49.5 Å². The second-order valence-corrected chi connectivity index (χ2v) is 6.92. The van der Waals surface area contributed by atoms with Crippen LogP contribution in [-0.4, -0.2) is 24.6 Å². The maximum Gasteiger partial charge on any atom is 0.0751 e. The minimum absolute atomic E-state index is 0.662. The van der Waals surface area contributed by atoms with Crippen molar-refractivity contribution in [1.29, 1.82) is 0 Å². The molecule has 1 saturated heterocycles. The molecule has 1 fully saturated rings. The van der Waals surface area contributed by atoms with E-state index in [1.807, 2.05) is 0 Å². The van der Waals surface area contributed by atoms with Crippen molar-refractivity contribution in [1.82, 2.24) is 0 Å². The van der Waals surface area contributed by atoms with E-state index in [0.717, 1.165) is 13.1 Å². The molecule has 0 atom stereocenters. The van der Waals surface area contributed by atoms with Crippen LogP contribution in [0.15, 0.2) is 24.3 Å². The highest BCUT2D eigenvalue weighted by Crippen LogP contribution is 2.43. The predicted molar refractivity (Wildman–Crippen MR) is 82.3 cm³/mol. The zero-order valence-corrected chi connectivity index (χ0v) is 12.3. The maximum absolute atomic E-state index is 2.39. The molecule has 0 bridgehead atoms. The van der Waals surface area contributed by atoms with E-state index >= 15 is 0 Å². The first-order valence-electron chi connectivity index (χ1n) is 6.43. The highest BCUT2D eigenvalue weighted by Gasteiger charge is 2.16. The van der Waals surface area contributed by atoms with Crippen LogP contribution in [0.3, 0.4) is 0 Å². The van der Waals surface area contributed by atoms with Gasteiger partial charge in [-0.15, -0.1) is 23.5 Å². The largest absolute Gasteiger partial charge is 0.372 e. The Kier molecular flexibility index (Phi) is 5.11. The van der Waals surface area contributed by atoms with Gasteiger partial charge in [0.25, 0.3) is 0 Å². The summed E-state index contributed by atoms with van der Waals surface area (Å²) >= 11 is 4.18. The SMILES string of the molecule is CCN(CC)c1ccc(C2SCCCS2)cc1. The first-order valence-corrected chi connectivity index (χ1v) is 8.53. The summed E-state index contributed by atoms with van der Waals surface area (Å²) in [4.78, 5) is 2.39. The van der Waals surface area contributed by atoms with Gasteiger partial charge in [0.05, 0.1) is 4.58 Å². The molecule has 0 spiro atoms. The molecule has 0 saturated carbocycles. The Labute approximate surface area is 113 Å². The van der Waals surface area contributed by atoms with Crippen LogP contribution in [0.1, 0.15) is 30.4 Å². The van der Waals surface area contributed by atoms with Crippen LogP contribution >= 0.6 is 23.5 Å². The molecule has 0 radical (unpaired) electrons. The Bertz CT molecular complexity index is 327. The van der Waals surface area contributed by atoms with Crippen LogP contribution < -0.4 is 4.90 Å². The molecule has 1 aromatic carbocycles. The summed E-state index contributed by atoms with van der Waals surface area (Å²) in [6.07, 6.45) is 1.36. The summed E-state index contributed by atoms with van der Waals surface area (Å²) in [5.74, 6) is 2.63. The molecule has 0 N–H and O–H groups in total. The number of benzene rings is 1. The molecule has 0 aliphatic carbocycles. The van der Waals surface area contributed by atoms with Crippen molar-refractivity contribution in [2.45, 2.75) is 24.9 Å². The minimum Gasteiger partial charge on any atom is -0.372 e. The van der Waals surface area contributed by atoms with Crippen LogP contribution in [0, 0.1) is 0 Å². The van der Waals surface area contributed by atoms with Gasteiger partial charge in [-0.2, -0.15) is 0 Å². The lowest BCUT2D eigenvalue weighted by Gasteiger charge is -2.24. The van der Waals surface area contributed by atoms with E-state index in [-0.39, 0.29) is 0 Å². The quantitative estimate of drug-likeness (QED) is 0.796. The van der Waals surface area contributed by atoms with Gasteiger partial charge in [-0.3, -0.25) is 0 Å². The second-order valence-electron chi connectivity index (χ2n) is 4.19. The third kappa shape index (κ3) is 3.35. The minimum atomic E-state index is 0.662. The topological polar surface area (TPSA) is 3.24 Å². The van der Waals surface area contributed by atoms with E-state index < -0.39 is 0 Å². The lowest BCUT2D eigenvalue weighted by Crippen LogP contribution is -2.21. The molecule has 2 rings (SSSR count). The summed E-state index contributed by atoms with van der Waals surface area (Å²) in [5.41, 5.74) is 2.83. The highest BCUT2D eigenvalue weighted by atomic mass is 32.2. The average molecular weight is 267 g/mol. The Hall–Kier alpha value is -0.280. The van der Waals surface area contributed by atoms with Crippen molar-refractivity contribution in [3.05, 3.63) is 29.8 Å². The van der Waals surface area contributed by atoms with Crippen LogP contribution in [0.4, 0.5) is 5.69 Å². The van der Waals surface area contributed by atoms with Crippen molar-refractivity contribution < 1.29 is 0 Å². The lowest BCUT2D eigenvalue weighted by atomic mass is 10.2. The number of hydrogen-bond donors (Lipinski definition) is 0. The number of anilines is 1. The predicted octanol–water partition coefficient (Wildman–Crippen LogP) is 4.40. The fourth-order valence-electron chi connectivity index (χ4n) is 2.11. The van der Waals surface area contributed by atoms with Crippen molar-refractivity contribution >= 4 is 29.2 Å². The Morgan fingerprint density at radius 1 is 1.06 bits per heavy atom. The number of hydrogen-bond acceptors (Lipinski definition) is 3. The van der Waals surface area contributed by atoms with Gasteiger partial charge >= 0.3 is 0 Å².